The minimum Gasteiger partial charge on any atom is -0.492 e. The van der Waals surface area contributed by atoms with E-state index in [2.05, 4.69) is 0 Å². The maximum Gasteiger partial charge on any atom is 0.335 e. The summed E-state index contributed by atoms with van der Waals surface area (Å²) in [6.45, 7) is 0.612. The normalized spacial score (nSPS) is 14.2. The molecule has 1 aliphatic rings. The minimum atomic E-state index is -1.04. The van der Waals surface area contributed by atoms with Gasteiger partial charge >= 0.3 is 5.97 Å². The summed E-state index contributed by atoms with van der Waals surface area (Å²) >= 11 is 0. The van der Waals surface area contributed by atoms with Gasteiger partial charge in [-0.1, -0.05) is 0 Å². The molecule has 1 aliphatic carbocycles. The number of carboxylic acid groups (broad SMARTS) is 1. The number of nitriles is 1. The molecule has 0 bridgehead atoms. The van der Waals surface area contributed by atoms with E-state index >= 15 is 0 Å². The van der Waals surface area contributed by atoms with Crippen molar-refractivity contribution in [3.63, 3.8) is 0 Å². The van der Waals surface area contributed by atoms with Crippen LogP contribution in [0.4, 0.5) is 0 Å². The maximum absolute atomic E-state index is 10.7. The maximum atomic E-state index is 10.7. The highest BCUT2D eigenvalue weighted by Gasteiger charge is 2.22. The zero-order chi connectivity index (χ0) is 11.5. The number of ether oxygens (including phenoxy) is 1. The molecule has 1 aromatic rings. The molecule has 16 heavy (non-hydrogen) atoms. The summed E-state index contributed by atoms with van der Waals surface area (Å²) in [7, 11) is 0. The topological polar surface area (TPSA) is 70.3 Å². The van der Waals surface area contributed by atoms with Crippen LogP contribution in [0.2, 0.25) is 0 Å². The highest BCUT2D eigenvalue weighted by molar-refractivity contribution is 5.88. The predicted octanol–water partition coefficient (Wildman–Crippen LogP) is 2.05. The Bertz CT molecular complexity index is 458. The second kappa shape index (κ2) is 4.23. The number of benzene rings is 1. The molecular weight excluding hydrogens is 206 g/mol. The quantitative estimate of drug-likeness (QED) is 0.837. The van der Waals surface area contributed by atoms with E-state index in [4.69, 9.17) is 15.1 Å². The van der Waals surface area contributed by atoms with Gasteiger partial charge in [-0.3, -0.25) is 0 Å². The summed E-state index contributed by atoms with van der Waals surface area (Å²) in [5.74, 6) is 0.0373. The lowest BCUT2D eigenvalue weighted by molar-refractivity contribution is 0.0697. The molecule has 4 heteroatoms. The lowest BCUT2D eigenvalue weighted by atomic mass is 10.1. The van der Waals surface area contributed by atoms with Crippen LogP contribution in [0.1, 0.15) is 28.8 Å². The van der Waals surface area contributed by atoms with Gasteiger partial charge in [0.15, 0.2) is 0 Å². The number of aromatic carboxylic acids is 1. The van der Waals surface area contributed by atoms with Gasteiger partial charge in [0, 0.05) is 0 Å². The van der Waals surface area contributed by atoms with Crippen LogP contribution < -0.4 is 4.74 Å². The van der Waals surface area contributed by atoms with Crippen LogP contribution in [-0.2, 0) is 0 Å². The van der Waals surface area contributed by atoms with E-state index in [1.165, 1.54) is 25.0 Å². The van der Waals surface area contributed by atoms with Gasteiger partial charge in [-0.05, 0) is 37.0 Å². The van der Waals surface area contributed by atoms with Gasteiger partial charge in [-0.15, -0.1) is 0 Å². The highest BCUT2D eigenvalue weighted by Crippen LogP contribution is 2.30. The van der Waals surface area contributed by atoms with Gasteiger partial charge in [0.05, 0.1) is 17.7 Å². The zero-order valence-electron chi connectivity index (χ0n) is 8.64. The van der Waals surface area contributed by atoms with Crippen molar-refractivity contribution in [2.24, 2.45) is 5.92 Å². The first-order valence-corrected chi connectivity index (χ1v) is 5.11. The van der Waals surface area contributed by atoms with Crippen molar-refractivity contribution in [1.82, 2.24) is 0 Å². The molecule has 1 aromatic carbocycles. The highest BCUT2D eigenvalue weighted by atomic mass is 16.5. The monoisotopic (exact) mass is 217 g/mol. The molecule has 0 atom stereocenters. The molecule has 0 heterocycles. The van der Waals surface area contributed by atoms with Gasteiger partial charge in [-0.25, -0.2) is 4.79 Å². The first kappa shape index (κ1) is 10.5. The van der Waals surface area contributed by atoms with Crippen molar-refractivity contribution in [3.8, 4) is 11.8 Å². The third-order valence-electron chi connectivity index (χ3n) is 2.52. The molecule has 0 amide bonds. The standard InChI is InChI=1S/C12H11NO3/c13-6-10-5-9(12(14)15)3-4-11(10)16-7-8-1-2-8/h3-5,8H,1-2,7H2,(H,14,15). The van der Waals surface area contributed by atoms with E-state index in [1.54, 1.807) is 6.07 Å². The summed E-state index contributed by atoms with van der Waals surface area (Å²) in [6.07, 6.45) is 2.35. The van der Waals surface area contributed by atoms with Crippen LogP contribution in [0.25, 0.3) is 0 Å². The molecule has 4 nitrogen and oxygen atoms in total. The second-order valence-corrected chi connectivity index (χ2v) is 3.88. The fourth-order valence-electron chi connectivity index (χ4n) is 1.37. The second-order valence-electron chi connectivity index (χ2n) is 3.88. The predicted molar refractivity (Wildman–Crippen MR) is 56.3 cm³/mol. The van der Waals surface area contributed by atoms with Crippen molar-refractivity contribution in [3.05, 3.63) is 29.3 Å². The molecule has 0 aromatic heterocycles. The zero-order valence-corrected chi connectivity index (χ0v) is 8.64. The molecule has 1 fully saturated rings. The van der Waals surface area contributed by atoms with E-state index in [9.17, 15) is 4.79 Å². The van der Waals surface area contributed by atoms with E-state index in [1.807, 2.05) is 6.07 Å². The molecule has 0 aliphatic heterocycles. The van der Waals surface area contributed by atoms with Crippen molar-refractivity contribution >= 4 is 5.97 Å². The number of hydrogen-bond donors (Lipinski definition) is 1. The Balaban J connectivity index is 2.17. The van der Waals surface area contributed by atoms with Crippen LogP contribution in [0, 0.1) is 17.2 Å². The fourth-order valence-corrected chi connectivity index (χ4v) is 1.37. The number of carboxylic acids is 1. The summed E-state index contributed by atoms with van der Waals surface area (Å²) in [5, 5.41) is 17.7. The smallest absolute Gasteiger partial charge is 0.335 e. The SMILES string of the molecule is N#Cc1cc(C(=O)O)ccc1OCC1CC1. The van der Waals surface area contributed by atoms with E-state index in [0.29, 0.717) is 18.3 Å². The summed E-state index contributed by atoms with van der Waals surface area (Å²) in [4.78, 5) is 10.7. The van der Waals surface area contributed by atoms with E-state index in [0.717, 1.165) is 0 Å². The Labute approximate surface area is 93.1 Å². The van der Waals surface area contributed by atoms with Crippen molar-refractivity contribution in [2.45, 2.75) is 12.8 Å². The average Bonchev–Trinajstić information content (AvgIpc) is 3.09. The van der Waals surface area contributed by atoms with Crippen LogP contribution in [-0.4, -0.2) is 17.7 Å². The Kier molecular flexibility index (Phi) is 2.78. The minimum absolute atomic E-state index is 0.107. The van der Waals surface area contributed by atoms with E-state index < -0.39 is 5.97 Å². The van der Waals surface area contributed by atoms with Gasteiger partial charge in [0.25, 0.3) is 0 Å². The summed E-state index contributed by atoms with van der Waals surface area (Å²) in [5.41, 5.74) is 0.385. The molecule has 82 valence electrons. The molecular formula is C12H11NO3. The number of rotatable bonds is 4. The molecule has 1 N–H and O–H groups in total. The van der Waals surface area contributed by atoms with Crippen LogP contribution >= 0.6 is 0 Å². The van der Waals surface area contributed by atoms with Gasteiger partial charge in [0.1, 0.15) is 11.8 Å². The number of nitrogens with zero attached hydrogens (tertiary/aromatic N) is 1. The number of carbonyl (C=O) groups is 1. The Morgan fingerprint density at radius 2 is 2.31 bits per heavy atom. The summed E-state index contributed by atoms with van der Waals surface area (Å²) < 4.78 is 5.47. The van der Waals surface area contributed by atoms with Gasteiger partial charge in [0.2, 0.25) is 0 Å². The lowest BCUT2D eigenvalue weighted by Crippen LogP contribution is -2.02. The van der Waals surface area contributed by atoms with Crippen molar-refractivity contribution in [1.29, 1.82) is 5.26 Å². The Morgan fingerprint density at radius 1 is 1.56 bits per heavy atom. The molecule has 0 unspecified atom stereocenters. The average molecular weight is 217 g/mol. The molecule has 0 saturated heterocycles. The Hall–Kier alpha value is -2.02. The van der Waals surface area contributed by atoms with Gasteiger partial charge in [-0.2, -0.15) is 5.26 Å². The van der Waals surface area contributed by atoms with Crippen LogP contribution in [0.15, 0.2) is 18.2 Å². The molecule has 1 saturated carbocycles. The molecule has 0 radical (unpaired) electrons. The van der Waals surface area contributed by atoms with Crippen LogP contribution in [0.5, 0.6) is 5.75 Å². The fraction of sp³-hybridized carbons (Fsp3) is 0.333. The first-order chi connectivity index (χ1) is 7.70. The van der Waals surface area contributed by atoms with Gasteiger partial charge < -0.3 is 9.84 Å². The largest absolute Gasteiger partial charge is 0.492 e. The Morgan fingerprint density at radius 3 is 2.88 bits per heavy atom. The third kappa shape index (κ3) is 2.31. The lowest BCUT2D eigenvalue weighted by Gasteiger charge is -2.07. The van der Waals surface area contributed by atoms with Crippen molar-refractivity contribution < 1.29 is 14.6 Å². The first-order valence-electron chi connectivity index (χ1n) is 5.11. The van der Waals surface area contributed by atoms with E-state index in [-0.39, 0.29) is 11.1 Å². The van der Waals surface area contributed by atoms with Crippen molar-refractivity contribution in [2.75, 3.05) is 6.61 Å². The molecule has 2 rings (SSSR count). The molecule has 0 spiro atoms. The summed E-state index contributed by atoms with van der Waals surface area (Å²) in [6, 6.07) is 6.28. The number of hydrogen-bond acceptors (Lipinski definition) is 3. The van der Waals surface area contributed by atoms with Crippen LogP contribution in [0.3, 0.4) is 0 Å². The third-order valence-corrected chi connectivity index (χ3v) is 2.52.